The largest absolute Gasteiger partial charge is 0.512 e. The van der Waals surface area contributed by atoms with E-state index in [1.165, 1.54) is 44.3 Å². The van der Waals surface area contributed by atoms with Crippen LogP contribution in [0.5, 0.6) is 0 Å². The fraction of sp³-hybridized carbons (Fsp3) is 0.488. The van der Waals surface area contributed by atoms with Crippen molar-refractivity contribution in [1.82, 2.24) is 9.97 Å². The monoisotopic (exact) mass is 798 g/mol. The number of rotatable bonds is 8. The summed E-state index contributed by atoms with van der Waals surface area (Å²) in [4.78, 5) is 21.3. The number of aromatic nitrogens is 2. The van der Waals surface area contributed by atoms with Gasteiger partial charge in [0, 0.05) is 55.6 Å². The molecule has 1 N–H and O–H groups in total. The van der Waals surface area contributed by atoms with Crippen LogP contribution < -0.4 is 0 Å². The van der Waals surface area contributed by atoms with Crippen LogP contribution in [-0.4, -0.2) is 20.9 Å². The van der Waals surface area contributed by atoms with Crippen LogP contribution in [0.4, 0.5) is 0 Å². The average molecular weight is 798 g/mol. The molecule has 2 aromatic carbocycles. The Morgan fingerprint density at radius 3 is 2.20 bits per heavy atom. The number of aryl methyl sites for hydroxylation is 2. The van der Waals surface area contributed by atoms with Gasteiger partial charge in [0.15, 0.2) is 5.78 Å². The summed E-state index contributed by atoms with van der Waals surface area (Å²) in [5.74, 6) is 0.547. The van der Waals surface area contributed by atoms with Crippen molar-refractivity contribution in [3.63, 3.8) is 0 Å². The number of pyridine rings is 2. The maximum Gasteiger partial charge on any atom is 0.162 e. The first kappa shape index (κ1) is 37.6. The van der Waals surface area contributed by atoms with E-state index < -0.39 is 0 Å². The first-order valence-electron chi connectivity index (χ1n) is 16.9. The Bertz CT molecular complexity index is 1740. The summed E-state index contributed by atoms with van der Waals surface area (Å²) in [6, 6.07) is 14.9. The van der Waals surface area contributed by atoms with Gasteiger partial charge in [0.2, 0.25) is 0 Å². The van der Waals surface area contributed by atoms with E-state index >= 15 is 0 Å². The van der Waals surface area contributed by atoms with Crippen molar-refractivity contribution >= 4 is 27.3 Å². The molecule has 5 rings (SSSR count). The quantitative estimate of drug-likeness (QED) is 0.110. The Morgan fingerprint density at radius 1 is 0.978 bits per heavy atom. The van der Waals surface area contributed by atoms with Gasteiger partial charge in [-0.3, -0.25) is 9.78 Å². The molecule has 1 aliphatic carbocycles. The summed E-state index contributed by atoms with van der Waals surface area (Å²) in [5.41, 5.74) is 8.53. The van der Waals surface area contributed by atoms with Crippen molar-refractivity contribution < 1.29 is 30.0 Å². The summed E-state index contributed by atoms with van der Waals surface area (Å²) in [7, 11) is 0. The zero-order valence-corrected chi connectivity index (χ0v) is 32.2. The minimum absolute atomic E-state index is 0. The summed E-state index contributed by atoms with van der Waals surface area (Å²) >= 11 is 0. The van der Waals surface area contributed by atoms with Gasteiger partial charge >= 0.3 is 0 Å². The van der Waals surface area contributed by atoms with Crippen LogP contribution in [0, 0.1) is 37.2 Å². The van der Waals surface area contributed by atoms with E-state index in [1.807, 2.05) is 33.9 Å². The normalized spacial score (nSPS) is 13.8. The van der Waals surface area contributed by atoms with Crippen LogP contribution in [0.25, 0.3) is 32.8 Å². The molecule has 0 unspecified atom stereocenters. The van der Waals surface area contributed by atoms with Crippen LogP contribution >= 0.6 is 0 Å². The Balaban J connectivity index is 0.000000309. The topological polar surface area (TPSA) is 63.1 Å². The molecular weight excluding hydrogens is 745 g/mol. The maximum atomic E-state index is 11.7. The van der Waals surface area contributed by atoms with Crippen LogP contribution in [0.15, 0.2) is 48.4 Å². The van der Waals surface area contributed by atoms with Crippen LogP contribution in [0.1, 0.15) is 116 Å². The van der Waals surface area contributed by atoms with Crippen molar-refractivity contribution in [2.45, 2.75) is 114 Å². The standard InChI is InChI=1S/C28H29N2.C13H24O2.Ir/c1-16-12-22-20(17(2)30-16)8-9-21-25(22)28(6,7)23-14-18(15-27(3,4)5)13-19-10-11-29-26(21)24(19)23;1-5-10(6-2)12(14)9-13(15)11(7-3)8-4;/h8,10-14H,15H2,1-7H3;9-11,14H,5-8H2,1-4H3;/q-1;;/b;12-9-;. The van der Waals surface area contributed by atoms with Gasteiger partial charge in [-0.15, -0.1) is 23.3 Å². The molecule has 0 spiro atoms. The predicted octanol–water partition coefficient (Wildman–Crippen LogP) is 11.0. The van der Waals surface area contributed by atoms with Gasteiger partial charge in [0.1, 0.15) is 0 Å². The predicted molar refractivity (Wildman–Crippen MR) is 190 cm³/mol. The molecule has 0 amide bonds. The van der Waals surface area contributed by atoms with Crippen LogP contribution in [0.2, 0.25) is 0 Å². The van der Waals surface area contributed by atoms with E-state index in [0.29, 0.717) is 0 Å². The Hall–Kier alpha value is -2.88. The first-order valence-corrected chi connectivity index (χ1v) is 16.9. The molecule has 0 atom stereocenters. The second kappa shape index (κ2) is 14.9. The first-order chi connectivity index (χ1) is 21.2. The number of aliphatic hydroxyl groups is 1. The smallest absolute Gasteiger partial charge is 0.162 e. The number of carbonyl (C=O) groups excluding carboxylic acids is 1. The number of hydrogen-bond donors (Lipinski definition) is 1. The number of nitrogens with zero attached hydrogens (tertiary/aromatic N) is 2. The van der Waals surface area contributed by atoms with Crippen molar-refractivity contribution in [3.05, 3.63) is 82.5 Å². The third-order valence-corrected chi connectivity index (χ3v) is 9.53. The maximum absolute atomic E-state index is 11.7. The molecule has 0 bridgehead atoms. The molecule has 46 heavy (non-hydrogen) atoms. The fourth-order valence-electron chi connectivity index (χ4n) is 7.10. The van der Waals surface area contributed by atoms with Gasteiger partial charge in [-0.05, 0) is 90.4 Å². The molecular formula is C41H53IrN2O2-. The summed E-state index contributed by atoms with van der Waals surface area (Å²) in [6.07, 6.45) is 7.91. The van der Waals surface area contributed by atoms with E-state index in [1.54, 1.807) is 0 Å². The Labute approximate surface area is 290 Å². The molecule has 0 fully saturated rings. The zero-order chi connectivity index (χ0) is 33.3. The van der Waals surface area contributed by atoms with E-state index in [0.717, 1.165) is 54.7 Å². The van der Waals surface area contributed by atoms with Crippen LogP contribution in [0.3, 0.4) is 0 Å². The number of ketones is 1. The zero-order valence-electron chi connectivity index (χ0n) is 29.8. The van der Waals surface area contributed by atoms with Gasteiger partial charge in [0.05, 0.1) is 5.76 Å². The molecule has 0 aliphatic heterocycles. The second-order valence-corrected chi connectivity index (χ2v) is 14.6. The number of hydrogen-bond acceptors (Lipinski definition) is 4. The molecule has 1 aliphatic rings. The summed E-state index contributed by atoms with van der Waals surface area (Å²) < 4.78 is 0. The molecule has 249 valence electrons. The van der Waals surface area contributed by atoms with Gasteiger partial charge in [0.25, 0.3) is 0 Å². The molecule has 2 aromatic heterocycles. The number of benzene rings is 2. The second-order valence-electron chi connectivity index (χ2n) is 14.6. The molecule has 0 saturated heterocycles. The van der Waals surface area contributed by atoms with Crippen molar-refractivity contribution in [1.29, 1.82) is 0 Å². The Kier molecular flexibility index (Phi) is 12.2. The van der Waals surface area contributed by atoms with Crippen LogP contribution in [-0.2, 0) is 36.7 Å². The molecule has 4 aromatic rings. The number of carbonyl (C=O) groups is 1. The van der Waals surface area contributed by atoms with Gasteiger partial charge in [-0.1, -0.05) is 91.3 Å². The van der Waals surface area contributed by atoms with Crippen molar-refractivity contribution in [2.24, 2.45) is 17.3 Å². The van der Waals surface area contributed by atoms with Gasteiger partial charge in [-0.25, -0.2) is 0 Å². The average Bonchev–Trinajstić information content (AvgIpc) is 2.96. The van der Waals surface area contributed by atoms with E-state index in [4.69, 9.17) is 9.97 Å². The van der Waals surface area contributed by atoms with Gasteiger partial charge in [-0.2, -0.15) is 0 Å². The van der Waals surface area contributed by atoms with Crippen molar-refractivity contribution in [3.8, 4) is 11.3 Å². The van der Waals surface area contributed by atoms with E-state index in [-0.39, 0.29) is 54.3 Å². The minimum Gasteiger partial charge on any atom is -0.512 e. The summed E-state index contributed by atoms with van der Waals surface area (Å²) in [6.45, 7) is 23.9. The molecule has 0 saturated carbocycles. The van der Waals surface area contributed by atoms with Crippen molar-refractivity contribution in [2.75, 3.05) is 0 Å². The molecule has 5 heteroatoms. The molecule has 2 heterocycles. The van der Waals surface area contributed by atoms with E-state index in [2.05, 4.69) is 84.9 Å². The Morgan fingerprint density at radius 2 is 1.61 bits per heavy atom. The third-order valence-electron chi connectivity index (χ3n) is 9.53. The third kappa shape index (κ3) is 7.63. The molecule has 4 nitrogen and oxygen atoms in total. The SMILES string of the molecule is CCC(CC)C(=O)/C=C(\O)C(CC)CC.Cc1cc2c3c([c-]cc2c(C)n1)-c1nccc2cc(CC(C)(C)C)cc(c12)C3(C)C.[Ir]. The number of allylic oxidation sites excluding steroid dienone is 2. The number of aliphatic hydroxyl groups excluding tert-OH is 1. The van der Waals surface area contributed by atoms with E-state index in [9.17, 15) is 9.90 Å². The van der Waals surface area contributed by atoms with Gasteiger partial charge < -0.3 is 10.1 Å². The fourth-order valence-corrected chi connectivity index (χ4v) is 7.10. The molecule has 1 radical (unpaired) electrons. The minimum atomic E-state index is -0.145. The summed E-state index contributed by atoms with van der Waals surface area (Å²) in [5, 5.41) is 14.8. The number of fused-ring (bicyclic) bond motifs is 4.